The lowest BCUT2D eigenvalue weighted by Crippen LogP contribution is -2.57. The van der Waals surface area contributed by atoms with E-state index in [4.69, 9.17) is 14.5 Å². The fourth-order valence-corrected chi connectivity index (χ4v) is 5.42. The average molecular weight is 679 g/mol. The predicted molar refractivity (Wildman–Crippen MR) is 157 cm³/mol. The van der Waals surface area contributed by atoms with Gasteiger partial charge in [0.1, 0.15) is 29.2 Å². The molecule has 1 aliphatic rings. The van der Waals surface area contributed by atoms with Gasteiger partial charge in [0.15, 0.2) is 0 Å². The third-order valence-corrected chi connectivity index (χ3v) is 7.39. The maximum absolute atomic E-state index is 13.5. The van der Waals surface area contributed by atoms with E-state index in [1.54, 1.807) is 20.8 Å². The minimum atomic E-state index is -4.83. The molecule has 1 fully saturated rings. The Hall–Kier alpha value is -3.50. The number of thioether (sulfide) groups is 1. The van der Waals surface area contributed by atoms with Gasteiger partial charge in [-0.15, -0.1) is 13.2 Å². The summed E-state index contributed by atoms with van der Waals surface area (Å²) in [6.45, 7) is 5.39. The van der Waals surface area contributed by atoms with E-state index in [-0.39, 0.29) is 24.5 Å². The van der Waals surface area contributed by atoms with E-state index in [2.05, 4.69) is 25.4 Å². The zero-order valence-electron chi connectivity index (χ0n) is 24.5. The molecule has 1 aliphatic heterocycles. The molecule has 0 spiro atoms. The number of ether oxygens (including phenoxy) is 2. The molecule has 0 aromatic heterocycles. The van der Waals surface area contributed by atoms with Gasteiger partial charge in [0.2, 0.25) is 11.8 Å². The molecule has 1 saturated heterocycles. The number of carbonyl (C=O) groups is 3. The first-order valence-corrected chi connectivity index (χ1v) is 16.2. The second kappa shape index (κ2) is 15.2. The van der Waals surface area contributed by atoms with Crippen molar-refractivity contribution in [2.24, 2.45) is 0 Å². The van der Waals surface area contributed by atoms with Crippen LogP contribution in [0.15, 0.2) is 48.5 Å². The maximum atomic E-state index is 13.5. The van der Waals surface area contributed by atoms with Crippen molar-refractivity contribution < 1.29 is 55.9 Å². The van der Waals surface area contributed by atoms with E-state index < -0.39 is 55.5 Å². The van der Waals surface area contributed by atoms with E-state index in [0.717, 1.165) is 12.1 Å². The van der Waals surface area contributed by atoms with Crippen LogP contribution in [-0.4, -0.2) is 74.7 Å². The molecule has 2 aromatic carbocycles. The number of hydrogen-bond donors (Lipinski definition) is 5. The van der Waals surface area contributed by atoms with E-state index >= 15 is 0 Å². The van der Waals surface area contributed by atoms with Gasteiger partial charge in [0, 0.05) is 24.6 Å². The van der Waals surface area contributed by atoms with Crippen molar-refractivity contribution in [2.45, 2.75) is 57.8 Å². The number of hydrazine groups is 1. The Morgan fingerprint density at radius 2 is 1.64 bits per heavy atom. The molecule has 45 heavy (non-hydrogen) atoms. The Bertz CT molecular complexity index is 1370. The smallest absolute Gasteiger partial charge is 0.443 e. The Kier molecular flexibility index (Phi) is 12.1. The molecule has 0 aliphatic carbocycles. The molecule has 2 atom stereocenters. The first kappa shape index (κ1) is 36.0. The van der Waals surface area contributed by atoms with Crippen LogP contribution >= 0.6 is 19.6 Å². The van der Waals surface area contributed by atoms with Crippen LogP contribution < -0.4 is 25.4 Å². The molecule has 0 bridgehead atoms. The van der Waals surface area contributed by atoms with Crippen molar-refractivity contribution in [1.82, 2.24) is 21.1 Å². The van der Waals surface area contributed by atoms with Crippen molar-refractivity contribution >= 4 is 37.5 Å². The monoisotopic (exact) mass is 678 g/mol. The lowest BCUT2D eigenvalue weighted by atomic mass is 10.1. The Balaban J connectivity index is 1.71. The maximum Gasteiger partial charge on any atom is 0.573 e. The molecule has 0 saturated carbocycles. The molecule has 248 valence electrons. The second-order valence-corrected chi connectivity index (χ2v) is 13.2. The Morgan fingerprint density at radius 3 is 2.22 bits per heavy atom. The van der Waals surface area contributed by atoms with Gasteiger partial charge in [-0.1, -0.05) is 24.3 Å². The standard InChI is InChI=1S/C27H34F3N4O9PS/c1-26(2,3)42-25(37)33-32-21(14-17-4-10-20(11-5-17)43-44(38,39)40)23(35)31-22-16-45-13-12-34(24(22)36)15-18-6-8-19(9-7-18)41-27(28,29)30/h4-11,21-22,32H,12-16H2,1-3H3,(H,31,35)(H,33,37)(H2,38,39,40)/t21-,22-/m0/s1. The van der Waals surface area contributed by atoms with E-state index in [1.807, 2.05) is 0 Å². The third kappa shape index (κ3) is 13.2. The number of alkyl halides is 3. The van der Waals surface area contributed by atoms with Gasteiger partial charge in [-0.25, -0.2) is 14.8 Å². The summed E-state index contributed by atoms with van der Waals surface area (Å²) in [6.07, 6.45) is -5.71. The number of halogens is 3. The topological polar surface area (TPSA) is 176 Å². The molecule has 0 radical (unpaired) electrons. The second-order valence-electron chi connectivity index (χ2n) is 10.8. The van der Waals surface area contributed by atoms with E-state index in [1.165, 1.54) is 53.1 Å². The van der Waals surface area contributed by atoms with Crippen LogP contribution in [0.3, 0.4) is 0 Å². The molecular formula is C27H34F3N4O9PS. The molecule has 5 N–H and O–H groups in total. The normalized spacial score (nSPS) is 16.8. The van der Waals surface area contributed by atoms with Crippen LogP contribution in [0.1, 0.15) is 31.9 Å². The van der Waals surface area contributed by atoms with Crippen molar-refractivity contribution in [3.8, 4) is 11.5 Å². The zero-order chi connectivity index (χ0) is 33.4. The van der Waals surface area contributed by atoms with Crippen molar-refractivity contribution in [3.05, 3.63) is 59.7 Å². The summed E-state index contributed by atoms with van der Waals surface area (Å²) in [5, 5.41) is 2.72. The van der Waals surface area contributed by atoms with Gasteiger partial charge >= 0.3 is 20.3 Å². The van der Waals surface area contributed by atoms with E-state index in [0.29, 0.717) is 23.4 Å². The summed E-state index contributed by atoms with van der Waals surface area (Å²) in [6, 6.07) is 8.60. The van der Waals surface area contributed by atoms with Gasteiger partial charge in [-0.05, 0) is 62.6 Å². The number of phosphoric ester groups is 1. The van der Waals surface area contributed by atoms with Crippen molar-refractivity contribution in [1.29, 1.82) is 0 Å². The van der Waals surface area contributed by atoms with Crippen LogP contribution in [0.4, 0.5) is 18.0 Å². The number of nitrogens with one attached hydrogen (secondary N) is 3. The fourth-order valence-electron chi connectivity index (χ4n) is 4.05. The number of rotatable bonds is 11. The minimum Gasteiger partial charge on any atom is -0.443 e. The van der Waals surface area contributed by atoms with Crippen LogP contribution in [0.5, 0.6) is 11.5 Å². The van der Waals surface area contributed by atoms with Crippen LogP contribution in [-0.2, 0) is 31.9 Å². The van der Waals surface area contributed by atoms with Crippen LogP contribution in [0.2, 0.25) is 0 Å². The number of amides is 3. The summed E-state index contributed by atoms with van der Waals surface area (Å²) in [7, 11) is -4.78. The van der Waals surface area contributed by atoms with Crippen LogP contribution in [0.25, 0.3) is 0 Å². The van der Waals surface area contributed by atoms with Crippen LogP contribution in [0, 0.1) is 0 Å². The van der Waals surface area contributed by atoms with Gasteiger partial charge in [0.25, 0.3) is 0 Å². The van der Waals surface area contributed by atoms with Gasteiger partial charge in [-0.2, -0.15) is 11.8 Å². The Morgan fingerprint density at radius 1 is 1.04 bits per heavy atom. The quantitative estimate of drug-likeness (QED) is 0.174. The summed E-state index contributed by atoms with van der Waals surface area (Å²) in [5.41, 5.74) is 5.20. The number of benzene rings is 2. The SMILES string of the molecule is CC(C)(C)OC(=O)NN[C@@H](Cc1ccc(OP(=O)(O)O)cc1)C(=O)N[C@H]1CSCCN(Cc2ccc(OC(F)(F)F)cc2)C1=O. The largest absolute Gasteiger partial charge is 0.573 e. The Labute approximate surface area is 261 Å². The number of nitrogens with zero attached hydrogens (tertiary/aromatic N) is 1. The average Bonchev–Trinajstić information content (AvgIpc) is 3.07. The van der Waals surface area contributed by atoms with E-state index in [9.17, 15) is 32.1 Å². The molecule has 3 rings (SSSR count). The molecular weight excluding hydrogens is 644 g/mol. The zero-order valence-corrected chi connectivity index (χ0v) is 26.2. The van der Waals surface area contributed by atoms with Crippen molar-refractivity contribution in [3.63, 3.8) is 0 Å². The first-order chi connectivity index (χ1) is 20.9. The highest BCUT2D eigenvalue weighted by molar-refractivity contribution is 7.99. The fraction of sp³-hybridized carbons (Fsp3) is 0.444. The lowest BCUT2D eigenvalue weighted by molar-refractivity contribution is -0.274. The molecule has 18 heteroatoms. The summed E-state index contributed by atoms with van der Waals surface area (Å²) < 4.78 is 62.2. The summed E-state index contributed by atoms with van der Waals surface area (Å²) in [4.78, 5) is 58.7. The minimum absolute atomic E-state index is 0.0259. The van der Waals surface area contributed by atoms with Gasteiger partial charge in [0.05, 0.1) is 0 Å². The number of phosphoric acid groups is 1. The number of carbonyl (C=O) groups excluding carboxylic acids is 3. The highest BCUT2D eigenvalue weighted by Crippen LogP contribution is 2.37. The first-order valence-electron chi connectivity index (χ1n) is 13.5. The molecule has 2 aromatic rings. The predicted octanol–water partition coefficient (Wildman–Crippen LogP) is 3.26. The molecule has 13 nitrogen and oxygen atoms in total. The highest BCUT2D eigenvalue weighted by Gasteiger charge is 2.33. The highest BCUT2D eigenvalue weighted by atomic mass is 32.2. The molecule has 3 amide bonds. The van der Waals surface area contributed by atoms with Gasteiger partial charge in [-0.3, -0.25) is 24.8 Å². The lowest BCUT2D eigenvalue weighted by Gasteiger charge is -2.27. The molecule has 0 unspecified atom stereocenters. The summed E-state index contributed by atoms with van der Waals surface area (Å²) >= 11 is 1.43. The van der Waals surface area contributed by atoms with Crippen molar-refractivity contribution in [2.75, 3.05) is 18.1 Å². The summed E-state index contributed by atoms with van der Waals surface area (Å²) in [5.74, 6) is -0.732. The molecule has 1 heterocycles. The third-order valence-electron chi connectivity index (χ3n) is 5.90. The van der Waals surface area contributed by atoms with Gasteiger partial charge < -0.3 is 24.2 Å². The number of hydrogen-bond acceptors (Lipinski definition) is 9.